The van der Waals surface area contributed by atoms with E-state index in [1.54, 1.807) is 75.7 Å². The molecule has 4 amide bonds. The van der Waals surface area contributed by atoms with E-state index in [1.165, 1.54) is 29.2 Å². The minimum Gasteiger partial charge on any atom is -0.507 e. The summed E-state index contributed by atoms with van der Waals surface area (Å²) in [6.07, 6.45) is 6.01. The second-order valence-electron chi connectivity index (χ2n) is 15.9. The molecule has 9 rings (SSSR count). The highest BCUT2D eigenvalue weighted by Crippen LogP contribution is 2.65. The van der Waals surface area contributed by atoms with Crippen LogP contribution in [0.1, 0.15) is 46.6 Å². The molecule has 6 atom stereocenters. The molecule has 2 heterocycles. The molecule has 0 radical (unpaired) electrons. The minimum absolute atomic E-state index is 0.0390. The number of nitrogens with zero attached hydrogens (tertiary/aromatic N) is 2. The highest BCUT2D eigenvalue weighted by Gasteiger charge is 2.70. The number of aryl methyl sites for hydroxylation is 1. The lowest BCUT2D eigenvalue weighted by Gasteiger charge is -2.50. The number of ether oxygens (including phenoxy) is 2. The molecule has 3 fully saturated rings. The van der Waals surface area contributed by atoms with Crippen LogP contribution in [0.25, 0.3) is 12.2 Å². The first-order valence-corrected chi connectivity index (χ1v) is 20.4. The SMILES string of the molecule is COc1ccc(OC)c(C=Cc2ccc(N3C(=O)[C@H]4[C@H](CC=C5[C@H]4C[C@H]4C(=O)N(Nc6ccc(F)cc6)C(=O)[C@@]4(c4ccc(Cl)cc4)[C@H]5c4cccc(C)c4O)C3=O)cc2)c1. The van der Waals surface area contributed by atoms with Crippen molar-refractivity contribution in [3.63, 3.8) is 0 Å². The van der Waals surface area contributed by atoms with Gasteiger partial charge in [-0.3, -0.25) is 29.5 Å². The maximum Gasteiger partial charge on any atom is 0.260 e. The molecular weight excluding hydrogens is 797 g/mol. The number of benzene rings is 5. The number of halogens is 2. The van der Waals surface area contributed by atoms with Gasteiger partial charge in [-0.1, -0.05) is 77.9 Å². The summed E-state index contributed by atoms with van der Waals surface area (Å²) in [6, 6.07) is 30.0. The van der Waals surface area contributed by atoms with Crippen LogP contribution in [0, 0.1) is 36.4 Å². The van der Waals surface area contributed by atoms with Gasteiger partial charge in [0, 0.05) is 22.1 Å². The number of methoxy groups -OCH3 is 2. The largest absolute Gasteiger partial charge is 0.507 e. The predicted molar refractivity (Wildman–Crippen MR) is 229 cm³/mol. The highest BCUT2D eigenvalue weighted by molar-refractivity contribution is 6.30. The Morgan fingerprint density at radius 2 is 1.57 bits per heavy atom. The number of fused-ring (bicyclic) bond motifs is 4. The van der Waals surface area contributed by atoms with Crippen LogP contribution in [0.15, 0.2) is 121 Å². The summed E-state index contributed by atoms with van der Waals surface area (Å²) in [5.74, 6) is -5.20. The zero-order valence-corrected chi connectivity index (χ0v) is 34.2. The standard InChI is InChI=1S/C49H41ClFN3O7/c1-27-5-4-6-38(44(27)55)43-36-22-23-37-42(47(58)53(45(37)56)34-19-8-28(9-20-34)7-10-29-25-35(60-2)21-24-41(29)61-3)39(36)26-40-46(57)54(52-33-17-15-32(51)16-18-33)48(59)49(40,43)30-11-13-31(50)14-12-30/h4-22,24-25,37,39-40,42-43,52,55H,23,26H2,1-3H3/t37-,39+,40-,42-,43+,49+/m0/s1. The fraction of sp³-hybridized carbons (Fsp3) is 0.224. The van der Waals surface area contributed by atoms with Crippen LogP contribution in [0.2, 0.25) is 5.02 Å². The fourth-order valence-electron chi connectivity index (χ4n) is 10.1. The number of hydrazine groups is 1. The lowest BCUT2D eigenvalue weighted by atomic mass is 9.49. The summed E-state index contributed by atoms with van der Waals surface area (Å²) in [5, 5.41) is 13.2. The van der Waals surface area contributed by atoms with Crippen molar-refractivity contribution in [2.75, 3.05) is 24.5 Å². The fourth-order valence-corrected chi connectivity index (χ4v) is 10.2. The number of imide groups is 2. The van der Waals surface area contributed by atoms with E-state index in [9.17, 15) is 23.9 Å². The molecule has 1 saturated carbocycles. The molecule has 2 N–H and O–H groups in total. The molecule has 0 unspecified atom stereocenters. The van der Waals surface area contributed by atoms with E-state index < -0.39 is 52.6 Å². The van der Waals surface area contributed by atoms with Gasteiger partial charge in [-0.05, 0) is 109 Å². The molecule has 2 aliphatic carbocycles. The second-order valence-corrected chi connectivity index (χ2v) is 16.4. The number of para-hydroxylation sites is 1. The Bertz CT molecular complexity index is 2660. The number of rotatable bonds is 9. The third kappa shape index (κ3) is 6.37. The molecule has 0 bridgehead atoms. The average Bonchev–Trinajstić information content (AvgIpc) is 3.65. The zero-order valence-electron chi connectivity index (χ0n) is 33.5. The number of aromatic hydroxyl groups is 1. The van der Waals surface area contributed by atoms with Gasteiger partial charge >= 0.3 is 0 Å². The number of anilines is 2. The quantitative estimate of drug-likeness (QED) is 0.0858. The van der Waals surface area contributed by atoms with E-state index in [4.69, 9.17) is 21.1 Å². The number of allylic oxidation sites excluding steroid dienone is 2. The molecular formula is C49H41ClFN3O7. The van der Waals surface area contributed by atoms with Crippen molar-refractivity contribution >= 4 is 58.8 Å². The van der Waals surface area contributed by atoms with Crippen LogP contribution in [-0.4, -0.2) is 48.0 Å². The van der Waals surface area contributed by atoms with Crippen LogP contribution in [0.5, 0.6) is 17.2 Å². The van der Waals surface area contributed by atoms with E-state index >= 15 is 4.79 Å². The van der Waals surface area contributed by atoms with Gasteiger partial charge in [-0.2, -0.15) is 5.01 Å². The first kappa shape index (κ1) is 39.7. The molecule has 308 valence electrons. The number of nitrogens with one attached hydrogen (secondary N) is 1. The van der Waals surface area contributed by atoms with Crippen LogP contribution in [0.4, 0.5) is 15.8 Å². The third-order valence-corrected chi connectivity index (χ3v) is 13.1. The summed E-state index contributed by atoms with van der Waals surface area (Å²) in [4.78, 5) is 60.7. The van der Waals surface area contributed by atoms with Crippen LogP contribution < -0.4 is 19.8 Å². The summed E-state index contributed by atoms with van der Waals surface area (Å²) >= 11 is 6.40. The van der Waals surface area contributed by atoms with E-state index in [0.29, 0.717) is 50.2 Å². The van der Waals surface area contributed by atoms with Gasteiger partial charge in [0.05, 0.1) is 48.8 Å². The zero-order chi connectivity index (χ0) is 42.7. The van der Waals surface area contributed by atoms with E-state index in [1.807, 2.05) is 48.6 Å². The number of carbonyl (C=O) groups excluding carboxylic acids is 4. The van der Waals surface area contributed by atoms with E-state index in [2.05, 4.69) is 5.43 Å². The van der Waals surface area contributed by atoms with Crippen molar-refractivity contribution in [3.8, 4) is 17.2 Å². The maximum absolute atomic E-state index is 15.4. The monoisotopic (exact) mass is 837 g/mol. The van der Waals surface area contributed by atoms with Crippen LogP contribution >= 0.6 is 11.6 Å². The molecule has 2 saturated heterocycles. The summed E-state index contributed by atoms with van der Waals surface area (Å²) in [5.41, 5.74) is 5.89. The summed E-state index contributed by atoms with van der Waals surface area (Å²) in [6.45, 7) is 1.76. The average molecular weight is 838 g/mol. The summed E-state index contributed by atoms with van der Waals surface area (Å²) in [7, 11) is 3.19. The molecule has 0 spiro atoms. The Morgan fingerprint density at radius 1 is 0.836 bits per heavy atom. The lowest BCUT2D eigenvalue weighted by molar-refractivity contribution is -0.138. The molecule has 5 aromatic rings. The number of phenolic OH excluding ortho intramolecular Hbond substituents is 1. The van der Waals surface area contributed by atoms with Gasteiger partial charge in [0.25, 0.3) is 11.8 Å². The maximum atomic E-state index is 15.4. The second kappa shape index (κ2) is 15.4. The minimum atomic E-state index is -1.61. The Labute approximate surface area is 356 Å². The molecule has 12 heteroatoms. The Hall–Kier alpha value is -6.72. The van der Waals surface area contributed by atoms with Gasteiger partial charge in [-0.15, -0.1) is 0 Å². The van der Waals surface area contributed by atoms with Gasteiger partial charge < -0.3 is 14.6 Å². The predicted octanol–water partition coefficient (Wildman–Crippen LogP) is 8.87. The van der Waals surface area contributed by atoms with Crippen molar-refractivity contribution in [1.82, 2.24) is 5.01 Å². The van der Waals surface area contributed by atoms with Crippen molar-refractivity contribution in [2.24, 2.45) is 23.7 Å². The normalized spacial score (nSPS) is 24.4. The van der Waals surface area contributed by atoms with Crippen molar-refractivity contribution in [1.29, 1.82) is 0 Å². The van der Waals surface area contributed by atoms with Crippen molar-refractivity contribution in [3.05, 3.63) is 160 Å². The number of hydrogen-bond acceptors (Lipinski definition) is 8. The van der Waals surface area contributed by atoms with Gasteiger partial charge in [0.1, 0.15) is 23.1 Å². The van der Waals surface area contributed by atoms with Gasteiger partial charge in [0.15, 0.2) is 0 Å². The third-order valence-electron chi connectivity index (χ3n) is 12.9. The highest BCUT2D eigenvalue weighted by atomic mass is 35.5. The topological polar surface area (TPSA) is 125 Å². The summed E-state index contributed by atoms with van der Waals surface area (Å²) < 4.78 is 24.8. The van der Waals surface area contributed by atoms with Gasteiger partial charge in [0.2, 0.25) is 11.8 Å². The van der Waals surface area contributed by atoms with Gasteiger partial charge in [-0.25, -0.2) is 4.39 Å². The van der Waals surface area contributed by atoms with Crippen molar-refractivity contribution < 1.29 is 38.1 Å². The van der Waals surface area contributed by atoms with E-state index in [0.717, 1.165) is 16.1 Å². The molecule has 0 aromatic heterocycles. The van der Waals surface area contributed by atoms with E-state index in [-0.39, 0.29) is 30.4 Å². The molecule has 2 aliphatic heterocycles. The van der Waals surface area contributed by atoms with Crippen molar-refractivity contribution in [2.45, 2.75) is 31.1 Å². The van der Waals surface area contributed by atoms with Crippen LogP contribution in [0.3, 0.4) is 0 Å². The Balaban J connectivity index is 1.12. The lowest BCUT2D eigenvalue weighted by Crippen LogP contribution is -2.53. The first-order chi connectivity index (χ1) is 29.5. The number of amides is 4. The molecule has 4 aliphatic rings. The Kier molecular flexibility index (Phi) is 10.0. The molecule has 10 nitrogen and oxygen atoms in total. The smallest absolute Gasteiger partial charge is 0.260 e. The molecule has 61 heavy (non-hydrogen) atoms. The number of carbonyl (C=O) groups is 4. The Morgan fingerprint density at radius 3 is 2.28 bits per heavy atom. The number of phenols is 1. The number of hydrogen-bond donors (Lipinski definition) is 2. The first-order valence-electron chi connectivity index (χ1n) is 20.0. The molecule has 5 aromatic carbocycles. The van der Waals surface area contributed by atoms with Crippen LogP contribution in [-0.2, 0) is 24.6 Å².